The average molecular weight is 365 g/mol. The smallest absolute Gasteiger partial charge is 0.223 e. The molecular weight excluding hydrogens is 342 g/mol. The van der Waals surface area contributed by atoms with E-state index in [0.717, 1.165) is 11.1 Å². The molecule has 1 atom stereocenters. The molecule has 0 aliphatic rings. The fourth-order valence-corrected chi connectivity index (χ4v) is 2.94. The Kier molecular flexibility index (Phi) is 6.06. The van der Waals surface area contributed by atoms with Crippen LogP contribution in [-0.4, -0.2) is 21.4 Å². The Hall–Kier alpha value is -2.89. The van der Waals surface area contributed by atoms with Gasteiger partial charge < -0.3 is 19.5 Å². The number of ether oxygens (including phenoxy) is 1. The lowest BCUT2D eigenvalue weighted by molar-refractivity contribution is 0.190. The third-order valence-electron chi connectivity index (χ3n) is 4.39. The summed E-state index contributed by atoms with van der Waals surface area (Å²) < 4.78 is 7.49. The summed E-state index contributed by atoms with van der Waals surface area (Å²) in [6, 6.07) is 18.4. The summed E-state index contributed by atoms with van der Waals surface area (Å²) in [5, 5.41) is 20.4. The van der Waals surface area contributed by atoms with Crippen LogP contribution in [0.4, 0.5) is 0 Å². The first kappa shape index (κ1) is 18.9. The summed E-state index contributed by atoms with van der Waals surface area (Å²) in [5.41, 5.74) is 2.69. The number of hydrogen-bond acceptors (Lipinski definition) is 4. The average Bonchev–Trinajstić information content (AvgIpc) is 2.69. The van der Waals surface area contributed by atoms with Crippen molar-refractivity contribution in [3.8, 4) is 5.75 Å². The summed E-state index contributed by atoms with van der Waals surface area (Å²) in [4.78, 5) is 12.5. The van der Waals surface area contributed by atoms with Crippen molar-refractivity contribution in [3.05, 3.63) is 99.5 Å². The van der Waals surface area contributed by atoms with Crippen molar-refractivity contribution in [2.24, 2.45) is 0 Å². The molecule has 0 saturated carbocycles. The van der Waals surface area contributed by atoms with Crippen LogP contribution in [0.1, 0.15) is 28.5 Å². The minimum atomic E-state index is -1.04. The molecule has 1 heterocycles. The lowest BCUT2D eigenvalue weighted by atomic mass is 10.0. The first-order valence-electron chi connectivity index (χ1n) is 8.85. The number of benzene rings is 2. The molecule has 2 aromatic carbocycles. The Morgan fingerprint density at radius 3 is 2.41 bits per heavy atom. The van der Waals surface area contributed by atoms with E-state index in [4.69, 9.17) is 4.74 Å². The standard InChI is InChI=1S/C22H23NO4/c1-16-7-9-18(10-8-16)21(26)20-22(19(25)11-12-23(20)13-14-24)27-15-17-5-3-2-4-6-17/h2-12,21,24,26H,13-15H2,1H3. The molecule has 0 bridgehead atoms. The van der Waals surface area contributed by atoms with Gasteiger partial charge in [0.2, 0.25) is 5.43 Å². The van der Waals surface area contributed by atoms with Crippen LogP contribution in [0, 0.1) is 6.92 Å². The highest BCUT2D eigenvalue weighted by molar-refractivity contribution is 5.37. The molecule has 0 aliphatic carbocycles. The van der Waals surface area contributed by atoms with E-state index >= 15 is 0 Å². The molecule has 0 radical (unpaired) electrons. The fraction of sp³-hybridized carbons (Fsp3) is 0.227. The van der Waals surface area contributed by atoms with Crippen LogP contribution >= 0.6 is 0 Å². The van der Waals surface area contributed by atoms with Crippen molar-refractivity contribution in [2.45, 2.75) is 26.2 Å². The normalized spacial score (nSPS) is 12.0. The van der Waals surface area contributed by atoms with Crippen molar-refractivity contribution >= 4 is 0 Å². The fourth-order valence-electron chi connectivity index (χ4n) is 2.94. The van der Waals surface area contributed by atoms with Gasteiger partial charge in [0.25, 0.3) is 0 Å². The lowest BCUT2D eigenvalue weighted by Crippen LogP contribution is -2.21. The number of aryl methyl sites for hydroxylation is 1. The molecule has 0 aliphatic heterocycles. The highest BCUT2D eigenvalue weighted by atomic mass is 16.5. The number of aliphatic hydroxyl groups is 2. The van der Waals surface area contributed by atoms with Gasteiger partial charge in [-0.1, -0.05) is 60.2 Å². The number of nitrogens with zero attached hydrogens (tertiary/aromatic N) is 1. The molecule has 5 nitrogen and oxygen atoms in total. The predicted molar refractivity (Wildman–Crippen MR) is 104 cm³/mol. The second-order valence-corrected chi connectivity index (χ2v) is 6.40. The molecular formula is C22H23NO4. The van der Waals surface area contributed by atoms with Gasteiger partial charge in [-0.25, -0.2) is 0 Å². The Bertz CT molecular complexity index is 933. The first-order valence-corrected chi connectivity index (χ1v) is 8.85. The molecule has 27 heavy (non-hydrogen) atoms. The highest BCUT2D eigenvalue weighted by Gasteiger charge is 2.22. The zero-order valence-electron chi connectivity index (χ0n) is 15.2. The van der Waals surface area contributed by atoms with Crippen LogP contribution in [-0.2, 0) is 13.2 Å². The maximum Gasteiger partial charge on any atom is 0.223 e. The number of pyridine rings is 1. The quantitative estimate of drug-likeness (QED) is 0.675. The van der Waals surface area contributed by atoms with E-state index in [0.29, 0.717) is 11.3 Å². The van der Waals surface area contributed by atoms with Crippen molar-refractivity contribution in [3.63, 3.8) is 0 Å². The summed E-state index contributed by atoms with van der Waals surface area (Å²) in [7, 11) is 0. The summed E-state index contributed by atoms with van der Waals surface area (Å²) in [5.74, 6) is 0.0999. The van der Waals surface area contributed by atoms with Crippen molar-refractivity contribution in [1.82, 2.24) is 4.57 Å². The number of aromatic nitrogens is 1. The van der Waals surface area contributed by atoms with Gasteiger partial charge in [0, 0.05) is 18.8 Å². The molecule has 5 heteroatoms. The third kappa shape index (κ3) is 4.45. The van der Waals surface area contributed by atoms with E-state index in [2.05, 4.69) is 0 Å². The van der Waals surface area contributed by atoms with Gasteiger partial charge in [-0.15, -0.1) is 0 Å². The molecule has 2 N–H and O–H groups in total. The van der Waals surface area contributed by atoms with Gasteiger partial charge in [0.05, 0.1) is 12.3 Å². The Balaban J connectivity index is 2.01. The molecule has 1 aromatic heterocycles. The summed E-state index contributed by atoms with van der Waals surface area (Å²) in [6.45, 7) is 2.32. The van der Waals surface area contributed by atoms with Crippen LogP contribution < -0.4 is 10.2 Å². The highest BCUT2D eigenvalue weighted by Crippen LogP contribution is 2.28. The monoisotopic (exact) mass is 365 g/mol. The molecule has 0 saturated heterocycles. The lowest BCUT2D eigenvalue weighted by Gasteiger charge is -2.21. The maximum absolute atomic E-state index is 12.5. The van der Waals surface area contributed by atoms with Gasteiger partial charge in [0.1, 0.15) is 12.7 Å². The van der Waals surface area contributed by atoms with Crippen LogP contribution in [0.3, 0.4) is 0 Å². The first-order chi connectivity index (χ1) is 13.1. The Labute approximate surface area is 158 Å². The van der Waals surface area contributed by atoms with E-state index < -0.39 is 6.10 Å². The molecule has 3 aromatic rings. The van der Waals surface area contributed by atoms with Gasteiger partial charge in [-0.05, 0) is 18.1 Å². The molecule has 0 amide bonds. The largest absolute Gasteiger partial charge is 0.483 e. The molecule has 0 fully saturated rings. The van der Waals surface area contributed by atoms with Gasteiger partial charge >= 0.3 is 0 Å². The summed E-state index contributed by atoms with van der Waals surface area (Å²) >= 11 is 0. The zero-order chi connectivity index (χ0) is 19.2. The number of aliphatic hydroxyl groups excluding tert-OH is 2. The van der Waals surface area contributed by atoms with Crippen LogP contribution in [0.25, 0.3) is 0 Å². The van der Waals surface area contributed by atoms with E-state index in [-0.39, 0.29) is 30.9 Å². The SMILES string of the molecule is Cc1ccc(C(O)c2c(OCc3ccccc3)c(=O)ccn2CCO)cc1. The molecule has 3 rings (SSSR count). The van der Waals surface area contributed by atoms with Crippen molar-refractivity contribution in [1.29, 1.82) is 0 Å². The zero-order valence-corrected chi connectivity index (χ0v) is 15.2. The van der Waals surface area contributed by atoms with Crippen LogP contribution in [0.5, 0.6) is 5.75 Å². The number of rotatable bonds is 7. The van der Waals surface area contributed by atoms with Gasteiger partial charge in [-0.3, -0.25) is 4.79 Å². The van der Waals surface area contributed by atoms with Gasteiger partial charge in [0.15, 0.2) is 5.75 Å². The van der Waals surface area contributed by atoms with E-state index in [1.54, 1.807) is 10.8 Å². The van der Waals surface area contributed by atoms with Crippen molar-refractivity contribution in [2.75, 3.05) is 6.61 Å². The molecule has 1 unspecified atom stereocenters. The minimum Gasteiger partial charge on any atom is -0.483 e. The minimum absolute atomic E-state index is 0.0999. The summed E-state index contributed by atoms with van der Waals surface area (Å²) in [6.07, 6.45) is 0.526. The van der Waals surface area contributed by atoms with Gasteiger partial charge in [-0.2, -0.15) is 0 Å². The van der Waals surface area contributed by atoms with E-state index in [9.17, 15) is 15.0 Å². The molecule has 0 spiro atoms. The van der Waals surface area contributed by atoms with Crippen LogP contribution in [0.15, 0.2) is 71.7 Å². The predicted octanol–water partition coefficient (Wildman–Crippen LogP) is 2.81. The van der Waals surface area contributed by atoms with E-state index in [1.165, 1.54) is 6.07 Å². The van der Waals surface area contributed by atoms with Crippen molar-refractivity contribution < 1.29 is 14.9 Å². The number of hydrogen-bond donors (Lipinski definition) is 2. The third-order valence-corrected chi connectivity index (χ3v) is 4.39. The topological polar surface area (TPSA) is 71.7 Å². The second-order valence-electron chi connectivity index (χ2n) is 6.40. The Morgan fingerprint density at radius 1 is 1.04 bits per heavy atom. The Morgan fingerprint density at radius 2 is 1.74 bits per heavy atom. The molecule has 140 valence electrons. The van der Waals surface area contributed by atoms with E-state index in [1.807, 2.05) is 61.5 Å². The maximum atomic E-state index is 12.5. The second kappa shape index (κ2) is 8.66. The van der Waals surface area contributed by atoms with Crippen LogP contribution in [0.2, 0.25) is 0 Å².